The van der Waals surface area contributed by atoms with E-state index in [1.165, 1.54) is 5.56 Å². The number of pyridine rings is 1. The Labute approximate surface area is 124 Å². The molecule has 110 valence electrons. The minimum absolute atomic E-state index is 0.106. The van der Waals surface area contributed by atoms with E-state index in [0.29, 0.717) is 13.2 Å². The molecule has 0 bridgehead atoms. The quantitative estimate of drug-likeness (QED) is 0.881. The minimum atomic E-state index is -0.287. The SMILES string of the molecule is OCC1(NCc2cccc(-c3cccnc3)c2)CCOC1. The maximum Gasteiger partial charge on any atom is 0.0675 e. The Kier molecular flexibility index (Phi) is 4.29. The van der Waals surface area contributed by atoms with Gasteiger partial charge in [-0.2, -0.15) is 0 Å². The van der Waals surface area contributed by atoms with Gasteiger partial charge in [0.1, 0.15) is 0 Å². The van der Waals surface area contributed by atoms with Gasteiger partial charge in [-0.15, -0.1) is 0 Å². The van der Waals surface area contributed by atoms with Crippen LogP contribution in [0.3, 0.4) is 0 Å². The van der Waals surface area contributed by atoms with Gasteiger partial charge in [0.25, 0.3) is 0 Å². The van der Waals surface area contributed by atoms with E-state index in [1.54, 1.807) is 6.20 Å². The van der Waals surface area contributed by atoms with Crippen molar-refractivity contribution in [2.45, 2.75) is 18.5 Å². The number of ether oxygens (including phenoxy) is 1. The zero-order valence-corrected chi connectivity index (χ0v) is 12.0. The average molecular weight is 284 g/mol. The number of hydrogen-bond acceptors (Lipinski definition) is 4. The molecule has 0 aliphatic carbocycles. The van der Waals surface area contributed by atoms with Gasteiger partial charge in [0, 0.05) is 25.5 Å². The molecular weight excluding hydrogens is 264 g/mol. The molecule has 1 aliphatic heterocycles. The molecule has 1 fully saturated rings. The smallest absolute Gasteiger partial charge is 0.0675 e. The summed E-state index contributed by atoms with van der Waals surface area (Å²) in [7, 11) is 0. The molecule has 1 aliphatic rings. The van der Waals surface area contributed by atoms with Crippen LogP contribution in [0.25, 0.3) is 11.1 Å². The van der Waals surface area contributed by atoms with Gasteiger partial charge in [0.2, 0.25) is 0 Å². The predicted octanol–water partition coefficient (Wildman–Crippen LogP) is 1.99. The van der Waals surface area contributed by atoms with E-state index >= 15 is 0 Å². The molecular formula is C17H20N2O2. The summed E-state index contributed by atoms with van der Waals surface area (Å²) in [6.07, 6.45) is 4.50. The summed E-state index contributed by atoms with van der Waals surface area (Å²) in [4.78, 5) is 4.16. The second-order valence-corrected chi connectivity index (χ2v) is 5.54. The number of aromatic nitrogens is 1. The van der Waals surface area contributed by atoms with Crippen molar-refractivity contribution in [3.63, 3.8) is 0 Å². The maximum absolute atomic E-state index is 9.58. The lowest BCUT2D eigenvalue weighted by Crippen LogP contribution is -2.48. The zero-order valence-electron chi connectivity index (χ0n) is 12.0. The van der Waals surface area contributed by atoms with Crippen LogP contribution in [-0.4, -0.2) is 35.5 Å². The normalized spacial score (nSPS) is 21.6. The molecule has 4 heteroatoms. The van der Waals surface area contributed by atoms with Gasteiger partial charge in [-0.3, -0.25) is 4.98 Å². The predicted molar refractivity (Wildman–Crippen MR) is 81.8 cm³/mol. The summed E-state index contributed by atoms with van der Waals surface area (Å²) in [5.41, 5.74) is 3.17. The summed E-state index contributed by atoms with van der Waals surface area (Å²) >= 11 is 0. The van der Waals surface area contributed by atoms with Crippen LogP contribution in [0.4, 0.5) is 0 Å². The topological polar surface area (TPSA) is 54.4 Å². The molecule has 0 radical (unpaired) electrons. The Morgan fingerprint density at radius 2 is 2.14 bits per heavy atom. The van der Waals surface area contributed by atoms with Gasteiger partial charge in [0.05, 0.1) is 18.8 Å². The van der Waals surface area contributed by atoms with E-state index in [2.05, 4.69) is 40.6 Å². The van der Waals surface area contributed by atoms with Gasteiger partial charge in [-0.1, -0.05) is 24.3 Å². The van der Waals surface area contributed by atoms with E-state index in [9.17, 15) is 5.11 Å². The van der Waals surface area contributed by atoms with Crippen LogP contribution in [0.1, 0.15) is 12.0 Å². The molecule has 0 saturated carbocycles. The van der Waals surface area contributed by atoms with Gasteiger partial charge >= 0.3 is 0 Å². The average Bonchev–Trinajstić information content (AvgIpc) is 3.04. The van der Waals surface area contributed by atoms with E-state index in [-0.39, 0.29) is 12.1 Å². The summed E-state index contributed by atoms with van der Waals surface area (Å²) in [5.74, 6) is 0. The van der Waals surface area contributed by atoms with Gasteiger partial charge < -0.3 is 15.2 Å². The highest BCUT2D eigenvalue weighted by atomic mass is 16.5. The second kappa shape index (κ2) is 6.35. The van der Waals surface area contributed by atoms with Crippen LogP contribution in [0.15, 0.2) is 48.8 Å². The van der Waals surface area contributed by atoms with Crippen molar-refractivity contribution in [1.82, 2.24) is 10.3 Å². The Morgan fingerprint density at radius 1 is 1.24 bits per heavy atom. The molecule has 2 N–H and O–H groups in total. The molecule has 0 spiro atoms. The number of aliphatic hydroxyl groups excluding tert-OH is 1. The van der Waals surface area contributed by atoms with E-state index in [1.807, 2.05) is 12.3 Å². The lowest BCUT2D eigenvalue weighted by Gasteiger charge is -2.26. The lowest BCUT2D eigenvalue weighted by molar-refractivity contribution is 0.120. The summed E-state index contributed by atoms with van der Waals surface area (Å²) in [5, 5.41) is 13.0. The summed E-state index contributed by atoms with van der Waals surface area (Å²) in [6.45, 7) is 2.11. The molecule has 1 unspecified atom stereocenters. The van der Waals surface area contributed by atoms with Crippen LogP contribution in [0.5, 0.6) is 0 Å². The highest BCUT2D eigenvalue weighted by Crippen LogP contribution is 2.21. The molecule has 0 amide bonds. The van der Waals surface area contributed by atoms with Crippen molar-refractivity contribution in [3.05, 3.63) is 54.4 Å². The van der Waals surface area contributed by atoms with Crippen molar-refractivity contribution in [3.8, 4) is 11.1 Å². The third-order valence-electron chi connectivity index (χ3n) is 4.00. The fraction of sp³-hybridized carbons (Fsp3) is 0.353. The summed E-state index contributed by atoms with van der Waals surface area (Å²) < 4.78 is 5.40. The number of aliphatic hydroxyl groups is 1. The molecule has 1 aromatic heterocycles. The summed E-state index contributed by atoms with van der Waals surface area (Å²) in [6, 6.07) is 12.4. The first-order chi connectivity index (χ1) is 10.3. The molecule has 1 aromatic carbocycles. The number of benzene rings is 1. The van der Waals surface area contributed by atoms with Gasteiger partial charge in [-0.05, 0) is 35.2 Å². The fourth-order valence-corrected chi connectivity index (χ4v) is 2.61. The first-order valence-corrected chi connectivity index (χ1v) is 7.24. The lowest BCUT2D eigenvalue weighted by atomic mass is 9.99. The van der Waals surface area contributed by atoms with Crippen LogP contribution in [0, 0.1) is 0 Å². The van der Waals surface area contributed by atoms with Crippen molar-refractivity contribution in [2.24, 2.45) is 0 Å². The molecule has 2 aromatic rings. The monoisotopic (exact) mass is 284 g/mol. The highest BCUT2D eigenvalue weighted by Gasteiger charge is 2.33. The second-order valence-electron chi connectivity index (χ2n) is 5.54. The number of rotatable bonds is 5. The van der Waals surface area contributed by atoms with Crippen molar-refractivity contribution < 1.29 is 9.84 Å². The number of nitrogens with one attached hydrogen (secondary N) is 1. The Bertz CT molecular complexity index is 580. The highest BCUT2D eigenvalue weighted by molar-refractivity contribution is 5.62. The minimum Gasteiger partial charge on any atom is -0.394 e. The largest absolute Gasteiger partial charge is 0.394 e. The third kappa shape index (κ3) is 3.29. The van der Waals surface area contributed by atoms with E-state index in [4.69, 9.17) is 4.74 Å². The van der Waals surface area contributed by atoms with Crippen LogP contribution in [-0.2, 0) is 11.3 Å². The van der Waals surface area contributed by atoms with Crippen LogP contribution < -0.4 is 5.32 Å². The molecule has 2 heterocycles. The fourth-order valence-electron chi connectivity index (χ4n) is 2.61. The van der Waals surface area contributed by atoms with E-state index in [0.717, 1.165) is 24.1 Å². The Balaban J connectivity index is 1.72. The van der Waals surface area contributed by atoms with Crippen molar-refractivity contribution in [1.29, 1.82) is 0 Å². The van der Waals surface area contributed by atoms with Gasteiger partial charge in [-0.25, -0.2) is 0 Å². The van der Waals surface area contributed by atoms with E-state index < -0.39 is 0 Å². The Hall–Kier alpha value is -1.75. The third-order valence-corrected chi connectivity index (χ3v) is 4.00. The van der Waals surface area contributed by atoms with Crippen molar-refractivity contribution in [2.75, 3.05) is 19.8 Å². The van der Waals surface area contributed by atoms with Crippen LogP contribution in [0.2, 0.25) is 0 Å². The first-order valence-electron chi connectivity index (χ1n) is 7.24. The molecule has 3 rings (SSSR count). The maximum atomic E-state index is 9.58. The molecule has 1 saturated heterocycles. The molecule has 4 nitrogen and oxygen atoms in total. The standard InChI is InChI=1S/C17H20N2O2/c20-12-17(6-8-21-13-17)19-10-14-3-1-4-15(9-14)16-5-2-7-18-11-16/h1-5,7,9,11,19-20H,6,8,10,12-13H2. The molecule has 1 atom stereocenters. The zero-order chi connectivity index (χ0) is 14.5. The van der Waals surface area contributed by atoms with Crippen molar-refractivity contribution >= 4 is 0 Å². The number of nitrogens with zero attached hydrogens (tertiary/aromatic N) is 1. The molecule has 21 heavy (non-hydrogen) atoms. The first kappa shape index (κ1) is 14.2. The number of hydrogen-bond donors (Lipinski definition) is 2. The Morgan fingerprint density at radius 3 is 2.86 bits per heavy atom. The van der Waals surface area contributed by atoms with Gasteiger partial charge in [0.15, 0.2) is 0 Å². The van der Waals surface area contributed by atoms with Crippen LogP contribution >= 0.6 is 0 Å².